The summed E-state index contributed by atoms with van der Waals surface area (Å²) in [6.07, 6.45) is 0.556. The van der Waals surface area contributed by atoms with Crippen LogP contribution in [-0.2, 0) is 27.2 Å². The zero-order chi connectivity index (χ0) is 13.4. The molecule has 0 amide bonds. The van der Waals surface area contributed by atoms with Gasteiger partial charge in [0, 0.05) is 20.1 Å². The van der Waals surface area contributed by atoms with Crippen LogP contribution in [0.15, 0.2) is 0 Å². The summed E-state index contributed by atoms with van der Waals surface area (Å²) >= 11 is 0. The number of hydrogen-bond acceptors (Lipinski definition) is 6. The highest BCUT2D eigenvalue weighted by atomic mass is 16.5. The molecule has 0 saturated carbocycles. The van der Waals surface area contributed by atoms with Gasteiger partial charge in [0.25, 0.3) is 0 Å². The van der Waals surface area contributed by atoms with Crippen molar-refractivity contribution in [3.05, 3.63) is 11.4 Å². The molecule has 1 heterocycles. The summed E-state index contributed by atoms with van der Waals surface area (Å²) in [7, 11) is 2.92. The molecule has 0 saturated heterocycles. The first-order valence-corrected chi connectivity index (χ1v) is 5.81. The lowest BCUT2D eigenvalue weighted by Gasteiger charge is -2.07. The maximum atomic E-state index is 11.5. The first-order valence-electron chi connectivity index (χ1n) is 5.81. The summed E-state index contributed by atoms with van der Waals surface area (Å²) in [5.74, 6) is -0.483. The molecule has 0 atom stereocenters. The van der Waals surface area contributed by atoms with E-state index in [1.165, 1.54) is 7.11 Å². The number of ether oxygens (including phenoxy) is 3. The summed E-state index contributed by atoms with van der Waals surface area (Å²) in [6.45, 7) is 4.14. The van der Waals surface area contributed by atoms with E-state index in [0.717, 1.165) is 0 Å². The highest BCUT2D eigenvalue weighted by Crippen LogP contribution is 2.08. The van der Waals surface area contributed by atoms with Crippen molar-refractivity contribution in [1.29, 1.82) is 0 Å². The minimum Gasteiger partial charge on any atom is -0.464 e. The van der Waals surface area contributed by atoms with Crippen LogP contribution in [0.4, 0.5) is 0 Å². The molecule has 1 rings (SSSR count). The smallest absolute Gasteiger partial charge is 0.360 e. The second-order valence-electron chi connectivity index (χ2n) is 3.54. The van der Waals surface area contributed by atoms with Crippen molar-refractivity contribution in [3.63, 3.8) is 0 Å². The van der Waals surface area contributed by atoms with Gasteiger partial charge < -0.3 is 14.2 Å². The molecule has 0 bridgehead atoms. The van der Waals surface area contributed by atoms with Gasteiger partial charge in [-0.1, -0.05) is 5.21 Å². The normalized spacial score (nSPS) is 10.6. The quantitative estimate of drug-likeness (QED) is 0.492. The standard InChI is InChI=1S/C11H19N3O4/c1-4-18-8-6-14-9(5-7-16-2)10(12-13-14)11(15)17-3/h4-8H2,1-3H3. The minimum absolute atomic E-state index is 0.242. The monoisotopic (exact) mass is 257 g/mol. The van der Waals surface area contributed by atoms with Gasteiger partial charge in [-0.2, -0.15) is 0 Å². The second-order valence-corrected chi connectivity index (χ2v) is 3.54. The van der Waals surface area contributed by atoms with Crippen molar-refractivity contribution in [1.82, 2.24) is 15.0 Å². The SMILES string of the molecule is CCOCCn1nnc(C(=O)OC)c1CCOC. The van der Waals surface area contributed by atoms with Gasteiger partial charge in [-0.15, -0.1) is 5.10 Å². The van der Waals surface area contributed by atoms with Crippen LogP contribution in [0, 0.1) is 0 Å². The van der Waals surface area contributed by atoms with Crippen LogP contribution < -0.4 is 0 Å². The van der Waals surface area contributed by atoms with Crippen molar-refractivity contribution < 1.29 is 19.0 Å². The van der Waals surface area contributed by atoms with E-state index in [1.807, 2.05) is 6.92 Å². The van der Waals surface area contributed by atoms with Crippen LogP contribution in [0.25, 0.3) is 0 Å². The van der Waals surface area contributed by atoms with Crippen molar-refractivity contribution in [3.8, 4) is 0 Å². The molecule has 0 aliphatic carbocycles. The van der Waals surface area contributed by atoms with Crippen LogP contribution in [-0.4, -0.2) is 55.0 Å². The first-order chi connectivity index (χ1) is 8.74. The molecule has 7 heteroatoms. The van der Waals surface area contributed by atoms with Crippen LogP contribution in [0.5, 0.6) is 0 Å². The summed E-state index contributed by atoms with van der Waals surface area (Å²) in [4.78, 5) is 11.5. The molecular weight excluding hydrogens is 238 g/mol. The number of rotatable bonds is 8. The van der Waals surface area contributed by atoms with Gasteiger partial charge in [0.05, 0.1) is 32.6 Å². The molecular formula is C11H19N3O4. The molecule has 0 spiro atoms. The maximum absolute atomic E-state index is 11.5. The number of aromatic nitrogens is 3. The molecule has 0 N–H and O–H groups in total. The van der Waals surface area contributed by atoms with Gasteiger partial charge in [0.15, 0.2) is 5.69 Å². The van der Waals surface area contributed by atoms with E-state index in [9.17, 15) is 4.79 Å². The Morgan fingerprint density at radius 1 is 1.33 bits per heavy atom. The van der Waals surface area contributed by atoms with E-state index in [2.05, 4.69) is 15.0 Å². The molecule has 0 radical (unpaired) electrons. The Kier molecular flexibility index (Phi) is 6.31. The molecule has 7 nitrogen and oxygen atoms in total. The summed E-state index contributed by atoms with van der Waals surface area (Å²) in [5.41, 5.74) is 0.953. The summed E-state index contributed by atoms with van der Waals surface area (Å²) in [6, 6.07) is 0. The lowest BCUT2D eigenvalue weighted by molar-refractivity contribution is 0.0592. The lowest BCUT2D eigenvalue weighted by Crippen LogP contribution is -2.14. The number of esters is 1. The molecule has 0 aliphatic heterocycles. The van der Waals surface area contributed by atoms with Crippen molar-refractivity contribution in [2.45, 2.75) is 19.9 Å². The van der Waals surface area contributed by atoms with E-state index in [4.69, 9.17) is 9.47 Å². The highest BCUT2D eigenvalue weighted by molar-refractivity contribution is 5.88. The molecule has 0 aliphatic rings. The average Bonchev–Trinajstić information content (AvgIpc) is 2.79. The molecule has 1 aromatic heterocycles. The fourth-order valence-electron chi connectivity index (χ4n) is 1.51. The Hall–Kier alpha value is -1.47. The van der Waals surface area contributed by atoms with Gasteiger partial charge in [-0.3, -0.25) is 0 Å². The average molecular weight is 257 g/mol. The summed E-state index contributed by atoms with van der Waals surface area (Å²) < 4.78 is 16.6. The van der Waals surface area contributed by atoms with Crippen molar-refractivity contribution in [2.24, 2.45) is 0 Å². The zero-order valence-electron chi connectivity index (χ0n) is 11.0. The molecule has 18 heavy (non-hydrogen) atoms. The number of carbonyl (C=O) groups is 1. The van der Waals surface area contributed by atoms with Gasteiger partial charge in [-0.25, -0.2) is 9.48 Å². The Balaban J connectivity index is 2.81. The Bertz CT molecular complexity index is 378. The molecule has 0 aromatic carbocycles. The second kappa shape index (κ2) is 7.78. The maximum Gasteiger partial charge on any atom is 0.360 e. The van der Waals surface area contributed by atoms with Gasteiger partial charge in [0.2, 0.25) is 0 Å². The van der Waals surface area contributed by atoms with Gasteiger partial charge in [-0.05, 0) is 6.92 Å². The van der Waals surface area contributed by atoms with Gasteiger partial charge in [0.1, 0.15) is 0 Å². The van der Waals surface area contributed by atoms with Crippen molar-refractivity contribution >= 4 is 5.97 Å². The molecule has 102 valence electrons. The largest absolute Gasteiger partial charge is 0.464 e. The van der Waals surface area contributed by atoms with Crippen LogP contribution in [0.1, 0.15) is 23.1 Å². The van der Waals surface area contributed by atoms with E-state index >= 15 is 0 Å². The molecule has 1 aromatic rings. The fraction of sp³-hybridized carbons (Fsp3) is 0.727. The van der Waals surface area contributed by atoms with Crippen LogP contribution in [0.3, 0.4) is 0 Å². The fourth-order valence-corrected chi connectivity index (χ4v) is 1.51. The number of nitrogens with zero attached hydrogens (tertiary/aromatic N) is 3. The Morgan fingerprint density at radius 2 is 2.11 bits per heavy atom. The predicted molar refractivity (Wildman–Crippen MR) is 63.4 cm³/mol. The summed E-state index contributed by atoms with van der Waals surface area (Å²) in [5, 5.41) is 7.79. The third-order valence-electron chi connectivity index (χ3n) is 2.41. The number of methoxy groups -OCH3 is 2. The lowest BCUT2D eigenvalue weighted by atomic mass is 10.2. The number of carbonyl (C=O) groups excluding carboxylic acids is 1. The highest BCUT2D eigenvalue weighted by Gasteiger charge is 2.19. The Labute approximate surface area is 106 Å². The molecule has 0 fully saturated rings. The van der Waals surface area contributed by atoms with Gasteiger partial charge >= 0.3 is 5.97 Å². The third kappa shape index (κ3) is 3.78. The zero-order valence-corrected chi connectivity index (χ0v) is 11.0. The van der Waals surface area contributed by atoms with Crippen LogP contribution >= 0.6 is 0 Å². The topological polar surface area (TPSA) is 75.5 Å². The van der Waals surface area contributed by atoms with E-state index in [0.29, 0.717) is 38.5 Å². The number of hydrogen-bond donors (Lipinski definition) is 0. The van der Waals surface area contributed by atoms with E-state index < -0.39 is 5.97 Å². The third-order valence-corrected chi connectivity index (χ3v) is 2.41. The Morgan fingerprint density at radius 3 is 2.72 bits per heavy atom. The minimum atomic E-state index is -0.483. The van der Waals surface area contributed by atoms with E-state index in [1.54, 1.807) is 11.8 Å². The van der Waals surface area contributed by atoms with E-state index in [-0.39, 0.29) is 5.69 Å². The first kappa shape index (κ1) is 14.6. The predicted octanol–water partition coefficient (Wildman–Crippen LogP) is 0.290. The van der Waals surface area contributed by atoms with Crippen molar-refractivity contribution in [2.75, 3.05) is 34.0 Å². The molecule has 0 unspecified atom stereocenters. The van der Waals surface area contributed by atoms with Crippen LogP contribution in [0.2, 0.25) is 0 Å².